The molecule has 2 aliphatic heterocycles. The average molecular weight is 502 g/mol. The maximum Gasteiger partial charge on any atom is 0.334 e. The number of hydrazine groups is 1. The van der Waals surface area contributed by atoms with Gasteiger partial charge in [-0.2, -0.15) is 0 Å². The van der Waals surface area contributed by atoms with Crippen molar-refractivity contribution in [3.63, 3.8) is 0 Å². The van der Waals surface area contributed by atoms with Gasteiger partial charge >= 0.3 is 6.03 Å². The number of likely N-dealkylation sites (N-methyl/N-ethyl adjacent to an activating group) is 1. The standard InChI is InChI=1S/C26H36FN5O4/c1-3-21(33)13-22-25(35)30(15-19-7-5-4-6-8-19)16-23-31(22)24(34)17-29(2)32(23)26(36)28-14-18-9-11-20(27)12-10-18/h3,9-12,19,22-23,33H,4-8,13-17H2,1-2H3,(H,28,36)/b21-3-/t22?,23-/m0/s1. The number of benzene rings is 1. The molecular weight excluding hydrogens is 465 g/mol. The summed E-state index contributed by atoms with van der Waals surface area (Å²) in [5, 5.41) is 16.2. The van der Waals surface area contributed by atoms with Gasteiger partial charge < -0.3 is 20.2 Å². The van der Waals surface area contributed by atoms with Crippen molar-refractivity contribution < 1.29 is 23.9 Å². The lowest BCUT2D eigenvalue weighted by Crippen LogP contribution is -2.76. The van der Waals surface area contributed by atoms with Crippen LogP contribution in [0.3, 0.4) is 0 Å². The van der Waals surface area contributed by atoms with Crippen LogP contribution in [0, 0.1) is 11.7 Å². The first-order valence-corrected chi connectivity index (χ1v) is 12.7. The number of fused-ring (bicyclic) bond motifs is 1. The van der Waals surface area contributed by atoms with Crippen LogP contribution in [-0.2, 0) is 16.1 Å². The van der Waals surface area contributed by atoms with Gasteiger partial charge in [0.2, 0.25) is 11.8 Å². The number of hydrogen-bond acceptors (Lipinski definition) is 5. The van der Waals surface area contributed by atoms with E-state index in [0.717, 1.165) is 31.2 Å². The normalized spacial score (nSPS) is 24.2. The molecule has 0 spiro atoms. The smallest absolute Gasteiger partial charge is 0.334 e. The van der Waals surface area contributed by atoms with E-state index in [0.29, 0.717) is 12.5 Å². The molecule has 196 valence electrons. The highest BCUT2D eigenvalue weighted by molar-refractivity contribution is 5.91. The van der Waals surface area contributed by atoms with Crippen LogP contribution in [0.5, 0.6) is 0 Å². The van der Waals surface area contributed by atoms with Gasteiger partial charge in [-0.1, -0.05) is 31.4 Å². The van der Waals surface area contributed by atoms with E-state index < -0.39 is 18.2 Å². The largest absolute Gasteiger partial charge is 0.513 e. The second kappa shape index (κ2) is 11.3. The fourth-order valence-electron chi connectivity index (χ4n) is 5.53. The first kappa shape index (κ1) is 25.9. The first-order chi connectivity index (χ1) is 17.3. The van der Waals surface area contributed by atoms with Gasteiger partial charge in [0.25, 0.3) is 0 Å². The summed E-state index contributed by atoms with van der Waals surface area (Å²) in [7, 11) is 1.67. The molecule has 9 nitrogen and oxygen atoms in total. The monoisotopic (exact) mass is 501 g/mol. The lowest BCUT2D eigenvalue weighted by molar-refractivity contribution is -0.187. The number of aliphatic hydroxyl groups is 1. The molecule has 3 fully saturated rings. The number of allylic oxidation sites excluding steroid dienone is 1. The number of hydrogen-bond donors (Lipinski definition) is 2. The molecule has 2 N–H and O–H groups in total. The quantitative estimate of drug-likeness (QED) is 0.585. The zero-order valence-corrected chi connectivity index (χ0v) is 21.0. The Morgan fingerprint density at radius 2 is 1.86 bits per heavy atom. The van der Waals surface area contributed by atoms with E-state index in [9.17, 15) is 23.9 Å². The molecule has 10 heteroatoms. The second-order valence-corrected chi connectivity index (χ2v) is 9.97. The van der Waals surface area contributed by atoms with Gasteiger partial charge in [0, 0.05) is 26.6 Å². The summed E-state index contributed by atoms with van der Waals surface area (Å²) in [5.74, 6) is -0.372. The lowest BCUT2D eigenvalue weighted by Gasteiger charge is -2.54. The van der Waals surface area contributed by atoms with Gasteiger partial charge in [-0.3, -0.25) is 9.59 Å². The SMILES string of the molecule is C/C=C(\O)CC1C(=O)N(CC2CCCCC2)C[C@H]2N1C(=O)CN(C)N2C(=O)NCc1ccc(F)cc1. The Hall–Kier alpha value is -3.14. The Bertz CT molecular complexity index is 995. The van der Waals surface area contributed by atoms with Gasteiger partial charge in [0.05, 0.1) is 18.8 Å². The number of carbonyl (C=O) groups excluding carboxylic acids is 3. The molecule has 1 aromatic rings. The van der Waals surface area contributed by atoms with Crippen LogP contribution in [0.25, 0.3) is 0 Å². The Labute approximate surface area is 211 Å². The summed E-state index contributed by atoms with van der Waals surface area (Å²) < 4.78 is 13.2. The van der Waals surface area contributed by atoms with E-state index in [1.807, 2.05) is 0 Å². The van der Waals surface area contributed by atoms with Crippen molar-refractivity contribution in [3.8, 4) is 0 Å². The molecule has 1 aromatic carbocycles. The summed E-state index contributed by atoms with van der Waals surface area (Å²) in [5.41, 5.74) is 0.742. The molecule has 0 aromatic heterocycles. The van der Waals surface area contributed by atoms with Crippen LogP contribution < -0.4 is 5.32 Å². The number of nitrogens with one attached hydrogen (secondary N) is 1. The van der Waals surface area contributed by atoms with Crippen LogP contribution in [0.4, 0.5) is 9.18 Å². The predicted molar refractivity (Wildman–Crippen MR) is 132 cm³/mol. The maximum absolute atomic E-state index is 13.6. The Balaban J connectivity index is 1.58. The van der Waals surface area contributed by atoms with Crippen LogP contribution in [0.1, 0.15) is 51.0 Å². The van der Waals surface area contributed by atoms with Crippen molar-refractivity contribution in [2.45, 2.75) is 64.2 Å². The fourth-order valence-corrected chi connectivity index (χ4v) is 5.53. The van der Waals surface area contributed by atoms with Gasteiger partial charge in [0.1, 0.15) is 18.0 Å². The average Bonchev–Trinajstić information content (AvgIpc) is 2.86. The van der Waals surface area contributed by atoms with Gasteiger partial charge in [-0.15, -0.1) is 0 Å². The van der Waals surface area contributed by atoms with Crippen LogP contribution in [0.15, 0.2) is 36.1 Å². The Kier molecular flexibility index (Phi) is 8.13. The maximum atomic E-state index is 13.6. The van der Waals surface area contributed by atoms with Crippen LogP contribution >= 0.6 is 0 Å². The highest BCUT2D eigenvalue weighted by atomic mass is 19.1. The van der Waals surface area contributed by atoms with E-state index in [2.05, 4.69) is 5.32 Å². The molecule has 0 bridgehead atoms. The van der Waals surface area contributed by atoms with Crippen molar-refractivity contribution >= 4 is 17.8 Å². The van der Waals surface area contributed by atoms with Crippen molar-refractivity contribution in [1.29, 1.82) is 0 Å². The number of carbonyl (C=O) groups is 3. The van der Waals surface area contributed by atoms with Crippen molar-refractivity contribution in [2.24, 2.45) is 5.92 Å². The molecule has 1 aliphatic carbocycles. The molecule has 1 saturated carbocycles. The summed E-state index contributed by atoms with van der Waals surface area (Å²) in [6.45, 7) is 2.60. The number of urea groups is 1. The number of nitrogens with zero attached hydrogens (tertiary/aromatic N) is 4. The zero-order valence-electron chi connectivity index (χ0n) is 21.0. The predicted octanol–water partition coefficient (Wildman–Crippen LogP) is 3.00. The summed E-state index contributed by atoms with van der Waals surface area (Å²) in [6, 6.07) is 4.59. The highest BCUT2D eigenvalue weighted by Gasteiger charge is 2.51. The van der Waals surface area contributed by atoms with E-state index in [1.165, 1.54) is 34.5 Å². The number of amides is 4. The van der Waals surface area contributed by atoms with Gasteiger partial charge in [-0.05, 0) is 49.5 Å². The number of aliphatic hydroxyl groups excluding tert-OH is 1. The molecule has 1 unspecified atom stereocenters. The molecule has 2 atom stereocenters. The molecule has 36 heavy (non-hydrogen) atoms. The third-order valence-electron chi connectivity index (χ3n) is 7.44. The van der Waals surface area contributed by atoms with E-state index in [1.54, 1.807) is 36.0 Å². The molecule has 4 rings (SSSR count). The van der Waals surface area contributed by atoms with E-state index in [4.69, 9.17) is 0 Å². The number of halogens is 1. The number of rotatable bonds is 6. The minimum atomic E-state index is -0.878. The molecule has 3 aliphatic rings. The molecule has 2 saturated heterocycles. The van der Waals surface area contributed by atoms with Gasteiger partial charge in [-0.25, -0.2) is 19.2 Å². The Morgan fingerprint density at radius 3 is 2.53 bits per heavy atom. The molecular formula is C26H36FN5O4. The van der Waals surface area contributed by atoms with E-state index in [-0.39, 0.29) is 49.4 Å². The van der Waals surface area contributed by atoms with Crippen LogP contribution in [-0.4, -0.2) is 81.7 Å². The summed E-state index contributed by atoms with van der Waals surface area (Å²) >= 11 is 0. The van der Waals surface area contributed by atoms with Gasteiger partial charge in [0.15, 0.2) is 0 Å². The second-order valence-electron chi connectivity index (χ2n) is 9.97. The molecule has 4 amide bonds. The minimum absolute atomic E-state index is 0.00743. The van der Waals surface area contributed by atoms with E-state index >= 15 is 0 Å². The summed E-state index contributed by atoms with van der Waals surface area (Å²) in [6.07, 6.45) is 6.45. The number of piperazine rings is 1. The topological polar surface area (TPSA) is 96.4 Å². The van der Waals surface area contributed by atoms with Crippen molar-refractivity contribution in [1.82, 2.24) is 25.1 Å². The zero-order chi connectivity index (χ0) is 25.8. The third kappa shape index (κ3) is 5.64. The lowest BCUT2D eigenvalue weighted by atomic mass is 9.88. The minimum Gasteiger partial charge on any atom is -0.513 e. The molecule has 2 heterocycles. The summed E-state index contributed by atoms with van der Waals surface area (Å²) in [4.78, 5) is 43.4. The van der Waals surface area contributed by atoms with Crippen molar-refractivity contribution in [3.05, 3.63) is 47.5 Å². The third-order valence-corrected chi connectivity index (χ3v) is 7.44. The highest BCUT2D eigenvalue weighted by Crippen LogP contribution is 2.31. The fraction of sp³-hybridized carbons (Fsp3) is 0.577. The molecule has 0 radical (unpaired) electrons. The van der Waals surface area contributed by atoms with Crippen LogP contribution in [0.2, 0.25) is 0 Å². The van der Waals surface area contributed by atoms with Crippen molar-refractivity contribution in [2.75, 3.05) is 26.7 Å². The first-order valence-electron chi connectivity index (χ1n) is 12.7. The Morgan fingerprint density at radius 1 is 1.17 bits per heavy atom.